The highest BCUT2D eigenvalue weighted by atomic mass is 79.9. The van der Waals surface area contributed by atoms with Crippen molar-refractivity contribution in [2.75, 3.05) is 6.61 Å². The van der Waals surface area contributed by atoms with Gasteiger partial charge < -0.3 is 4.74 Å². The van der Waals surface area contributed by atoms with Gasteiger partial charge in [0.15, 0.2) is 12.3 Å². The maximum Gasteiger partial charge on any atom is 0.290 e. The predicted molar refractivity (Wildman–Crippen MR) is 91.0 cm³/mol. The number of hydrazine groups is 1. The second-order valence-corrected chi connectivity index (χ2v) is 6.53. The number of carbonyl (C=O) groups excluding carboxylic acids is 2. The van der Waals surface area contributed by atoms with Crippen LogP contribution in [-0.2, 0) is 4.79 Å². The average Bonchev–Trinajstić information content (AvgIpc) is 2.90. The molecular weight excluding hydrogens is 432 g/mol. The van der Waals surface area contributed by atoms with E-state index in [0.717, 1.165) is 20.2 Å². The SMILES string of the molecule is Cc1cc(C(=O)NNC(=O)COc2c(C)cc(Br)cc2Br)n[nH]1. The fraction of sp³-hybridized carbons (Fsp3) is 0.214. The quantitative estimate of drug-likeness (QED) is 0.629. The second-order valence-electron chi connectivity index (χ2n) is 4.76. The number of aromatic nitrogens is 2. The Morgan fingerprint density at radius 1 is 1.22 bits per heavy atom. The van der Waals surface area contributed by atoms with Crippen molar-refractivity contribution in [2.45, 2.75) is 13.8 Å². The highest BCUT2D eigenvalue weighted by Crippen LogP contribution is 2.32. The molecule has 1 aromatic heterocycles. The van der Waals surface area contributed by atoms with E-state index in [1.807, 2.05) is 19.1 Å². The minimum absolute atomic E-state index is 0.190. The second kappa shape index (κ2) is 7.60. The van der Waals surface area contributed by atoms with Crippen molar-refractivity contribution in [3.8, 4) is 5.75 Å². The molecular formula is C14H14Br2N4O3. The maximum absolute atomic E-state index is 11.7. The fourth-order valence-corrected chi connectivity index (χ4v) is 3.32. The number of hydrogen-bond acceptors (Lipinski definition) is 4. The number of aryl methyl sites for hydroxylation is 2. The van der Waals surface area contributed by atoms with Gasteiger partial charge >= 0.3 is 0 Å². The number of aromatic amines is 1. The van der Waals surface area contributed by atoms with Crippen molar-refractivity contribution in [1.82, 2.24) is 21.0 Å². The van der Waals surface area contributed by atoms with E-state index in [0.29, 0.717) is 5.75 Å². The van der Waals surface area contributed by atoms with Gasteiger partial charge in [-0.2, -0.15) is 5.10 Å². The molecule has 0 unspecified atom stereocenters. The highest BCUT2D eigenvalue weighted by molar-refractivity contribution is 9.11. The van der Waals surface area contributed by atoms with Crippen molar-refractivity contribution in [3.63, 3.8) is 0 Å². The summed E-state index contributed by atoms with van der Waals surface area (Å²) in [5.74, 6) is -0.430. The van der Waals surface area contributed by atoms with Crippen LogP contribution >= 0.6 is 31.9 Å². The van der Waals surface area contributed by atoms with Crippen molar-refractivity contribution >= 4 is 43.7 Å². The first-order valence-electron chi connectivity index (χ1n) is 6.56. The third-order valence-corrected chi connectivity index (χ3v) is 3.84. The Morgan fingerprint density at radius 3 is 2.57 bits per heavy atom. The minimum Gasteiger partial charge on any atom is -0.482 e. The topological polar surface area (TPSA) is 96.1 Å². The van der Waals surface area contributed by atoms with E-state index in [1.54, 1.807) is 13.0 Å². The number of ether oxygens (including phenoxy) is 1. The van der Waals surface area contributed by atoms with Gasteiger partial charge in [-0.25, -0.2) is 0 Å². The minimum atomic E-state index is -0.510. The van der Waals surface area contributed by atoms with Crippen molar-refractivity contribution in [3.05, 3.63) is 44.1 Å². The number of benzene rings is 1. The van der Waals surface area contributed by atoms with E-state index in [2.05, 4.69) is 52.9 Å². The number of nitrogens with one attached hydrogen (secondary N) is 3. The lowest BCUT2D eigenvalue weighted by molar-refractivity contribution is -0.123. The first-order chi connectivity index (χ1) is 10.9. The van der Waals surface area contributed by atoms with Gasteiger partial charge in [-0.05, 0) is 53.5 Å². The van der Waals surface area contributed by atoms with Gasteiger partial charge in [0, 0.05) is 10.2 Å². The van der Waals surface area contributed by atoms with Crippen molar-refractivity contribution in [1.29, 1.82) is 0 Å². The van der Waals surface area contributed by atoms with Gasteiger partial charge in [0.1, 0.15) is 5.75 Å². The molecule has 0 aliphatic carbocycles. The Balaban J connectivity index is 1.85. The maximum atomic E-state index is 11.7. The first-order valence-corrected chi connectivity index (χ1v) is 8.15. The van der Waals surface area contributed by atoms with Crippen LogP contribution in [0.25, 0.3) is 0 Å². The Kier molecular flexibility index (Phi) is 5.78. The normalized spacial score (nSPS) is 10.3. The molecule has 0 spiro atoms. The van der Waals surface area contributed by atoms with Crippen LogP contribution in [0.4, 0.5) is 0 Å². The molecule has 2 amide bonds. The first kappa shape index (κ1) is 17.5. The lowest BCUT2D eigenvalue weighted by Crippen LogP contribution is -2.44. The number of halogens is 2. The van der Waals surface area contributed by atoms with E-state index in [-0.39, 0.29) is 12.3 Å². The molecule has 23 heavy (non-hydrogen) atoms. The lowest BCUT2D eigenvalue weighted by atomic mass is 10.2. The van der Waals surface area contributed by atoms with Gasteiger partial charge in [0.25, 0.3) is 11.8 Å². The number of carbonyl (C=O) groups is 2. The van der Waals surface area contributed by atoms with Gasteiger partial charge in [-0.15, -0.1) is 0 Å². The molecule has 3 N–H and O–H groups in total. The predicted octanol–water partition coefficient (Wildman–Crippen LogP) is 2.39. The highest BCUT2D eigenvalue weighted by Gasteiger charge is 2.12. The average molecular weight is 446 g/mol. The van der Waals surface area contributed by atoms with E-state index >= 15 is 0 Å². The van der Waals surface area contributed by atoms with E-state index in [1.165, 1.54) is 0 Å². The zero-order valence-corrected chi connectivity index (χ0v) is 15.5. The van der Waals surface area contributed by atoms with Gasteiger partial charge in [0.2, 0.25) is 0 Å². The van der Waals surface area contributed by atoms with Crippen molar-refractivity contribution in [2.24, 2.45) is 0 Å². The Labute approximate surface area is 149 Å². The molecule has 2 aromatic rings. The molecule has 1 aromatic carbocycles. The summed E-state index contributed by atoms with van der Waals surface area (Å²) in [7, 11) is 0. The van der Waals surface area contributed by atoms with Gasteiger partial charge in [-0.1, -0.05) is 15.9 Å². The summed E-state index contributed by atoms with van der Waals surface area (Å²) in [5, 5.41) is 6.43. The summed E-state index contributed by atoms with van der Waals surface area (Å²) >= 11 is 6.75. The number of rotatable bonds is 4. The smallest absolute Gasteiger partial charge is 0.290 e. The molecule has 0 aliphatic heterocycles. The number of amides is 2. The summed E-state index contributed by atoms with van der Waals surface area (Å²) in [4.78, 5) is 23.5. The molecule has 2 rings (SSSR count). The summed E-state index contributed by atoms with van der Waals surface area (Å²) in [6.07, 6.45) is 0. The lowest BCUT2D eigenvalue weighted by Gasteiger charge is -2.12. The number of hydrogen-bond donors (Lipinski definition) is 3. The van der Waals surface area contributed by atoms with Crippen molar-refractivity contribution < 1.29 is 14.3 Å². The number of nitrogens with zero attached hydrogens (tertiary/aromatic N) is 1. The van der Waals surface area contributed by atoms with Gasteiger partial charge in [-0.3, -0.25) is 25.5 Å². The molecule has 7 nitrogen and oxygen atoms in total. The van der Waals surface area contributed by atoms with Crippen LogP contribution in [0.1, 0.15) is 21.7 Å². The molecule has 122 valence electrons. The molecule has 9 heteroatoms. The molecule has 0 saturated carbocycles. The molecule has 1 heterocycles. The monoisotopic (exact) mass is 444 g/mol. The van der Waals surface area contributed by atoms with E-state index in [4.69, 9.17) is 4.74 Å². The fourth-order valence-electron chi connectivity index (χ4n) is 1.77. The van der Waals surface area contributed by atoms with Crippen LogP contribution in [0.5, 0.6) is 5.75 Å². The van der Waals surface area contributed by atoms with Crippen LogP contribution < -0.4 is 15.6 Å². The molecule has 0 bridgehead atoms. The number of H-pyrrole nitrogens is 1. The zero-order chi connectivity index (χ0) is 17.0. The zero-order valence-electron chi connectivity index (χ0n) is 12.4. The van der Waals surface area contributed by atoms with Crippen LogP contribution in [0.2, 0.25) is 0 Å². The summed E-state index contributed by atoms with van der Waals surface area (Å²) in [5.41, 5.74) is 6.35. The van der Waals surface area contributed by atoms with Crippen LogP contribution in [0.3, 0.4) is 0 Å². The Bertz CT molecular complexity index is 722. The molecule has 0 saturated heterocycles. The third-order valence-electron chi connectivity index (χ3n) is 2.80. The largest absolute Gasteiger partial charge is 0.482 e. The molecule has 0 aliphatic rings. The molecule has 0 fully saturated rings. The standard InChI is InChI=1S/C14H14Br2N4O3/c1-7-3-9(15)5-10(16)13(7)23-6-12(21)19-20-14(22)11-4-8(2)17-18-11/h3-5H,6H2,1-2H3,(H,17,18)(H,19,21)(H,20,22). The third kappa shape index (κ3) is 4.80. The van der Waals surface area contributed by atoms with Gasteiger partial charge in [0.05, 0.1) is 4.47 Å². The summed E-state index contributed by atoms with van der Waals surface area (Å²) < 4.78 is 7.11. The summed E-state index contributed by atoms with van der Waals surface area (Å²) in [6, 6.07) is 5.27. The van der Waals surface area contributed by atoms with E-state index < -0.39 is 11.8 Å². The Hall–Kier alpha value is -1.87. The van der Waals surface area contributed by atoms with Crippen LogP contribution in [-0.4, -0.2) is 28.6 Å². The summed E-state index contributed by atoms with van der Waals surface area (Å²) in [6.45, 7) is 3.40. The van der Waals surface area contributed by atoms with E-state index in [9.17, 15) is 9.59 Å². The van der Waals surface area contributed by atoms with Crippen LogP contribution in [0, 0.1) is 13.8 Å². The Morgan fingerprint density at radius 2 is 1.96 bits per heavy atom. The van der Waals surface area contributed by atoms with Crippen LogP contribution in [0.15, 0.2) is 27.1 Å². The molecule has 0 radical (unpaired) electrons. The molecule has 0 atom stereocenters.